The number of hydrogen-bond acceptors (Lipinski definition) is 2. The molecular weight excluding hydrogens is 183 g/mol. The first-order valence-corrected chi connectivity index (χ1v) is 3.52. The Morgan fingerprint density at radius 3 is 2.38 bits per heavy atom. The largest absolute Gasteiger partial charge is 0.508 e. The summed E-state index contributed by atoms with van der Waals surface area (Å²) in [6.07, 6.45) is -4.48. The Hall–Kier alpha value is -1.23. The molecule has 0 spiro atoms. The number of rotatable bonds is 1. The molecule has 0 radical (unpaired) electrons. The zero-order valence-electron chi connectivity index (χ0n) is 6.55. The van der Waals surface area contributed by atoms with Gasteiger partial charge in [0.15, 0.2) is 0 Å². The summed E-state index contributed by atoms with van der Waals surface area (Å²) in [7, 11) is 0. The first kappa shape index (κ1) is 9.85. The van der Waals surface area contributed by atoms with Gasteiger partial charge in [-0.1, -0.05) is 12.1 Å². The third-order valence-corrected chi connectivity index (χ3v) is 1.58. The summed E-state index contributed by atoms with van der Waals surface area (Å²) < 4.78 is 36.2. The Bertz CT molecular complexity index is 298. The van der Waals surface area contributed by atoms with E-state index < -0.39 is 12.2 Å². The van der Waals surface area contributed by atoms with Gasteiger partial charge in [0.25, 0.3) is 0 Å². The van der Waals surface area contributed by atoms with Gasteiger partial charge < -0.3 is 10.8 Å². The van der Waals surface area contributed by atoms with Gasteiger partial charge in [-0.05, 0) is 17.7 Å². The van der Waals surface area contributed by atoms with Crippen molar-refractivity contribution in [2.24, 2.45) is 5.73 Å². The molecule has 0 heterocycles. The number of hydrogen-bond donors (Lipinski definition) is 2. The molecule has 2 nitrogen and oxygen atoms in total. The molecule has 1 atom stereocenters. The number of phenolic OH excluding ortho intramolecular Hbond substituents is 1. The topological polar surface area (TPSA) is 46.2 Å². The van der Waals surface area contributed by atoms with Gasteiger partial charge in [-0.15, -0.1) is 0 Å². The number of nitrogens with two attached hydrogens (primary N) is 1. The molecule has 0 saturated heterocycles. The fraction of sp³-hybridized carbons (Fsp3) is 0.250. The number of phenols is 1. The van der Waals surface area contributed by atoms with E-state index in [0.29, 0.717) is 0 Å². The lowest BCUT2D eigenvalue weighted by Crippen LogP contribution is -2.28. The Labute approximate surface area is 72.8 Å². The standard InChI is InChI=1S/C8H8F3NO/c9-8(10,11)7(12)5-2-1-3-6(13)4-5/h1-4,7,13H,12H2. The van der Waals surface area contributed by atoms with Gasteiger partial charge in [0, 0.05) is 0 Å². The van der Waals surface area contributed by atoms with Crippen molar-refractivity contribution in [3.63, 3.8) is 0 Å². The molecule has 5 heteroatoms. The molecular formula is C8H8F3NO. The second-order valence-electron chi connectivity index (χ2n) is 2.61. The molecule has 0 amide bonds. The molecule has 0 aliphatic heterocycles. The van der Waals surface area contributed by atoms with Crippen molar-refractivity contribution in [2.45, 2.75) is 12.2 Å². The predicted molar refractivity (Wildman–Crippen MR) is 41.1 cm³/mol. The Morgan fingerprint density at radius 1 is 1.31 bits per heavy atom. The maximum atomic E-state index is 12.1. The van der Waals surface area contributed by atoms with Gasteiger partial charge in [-0.25, -0.2) is 0 Å². The summed E-state index contributed by atoms with van der Waals surface area (Å²) in [5, 5.41) is 8.90. The molecule has 0 aromatic heterocycles. The van der Waals surface area contributed by atoms with Crippen LogP contribution in [0.4, 0.5) is 13.2 Å². The lowest BCUT2D eigenvalue weighted by Gasteiger charge is -2.15. The maximum Gasteiger partial charge on any atom is 0.407 e. The molecule has 0 saturated carbocycles. The highest BCUT2D eigenvalue weighted by Crippen LogP contribution is 2.31. The normalized spacial score (nSPS) is 14.2. The van der Waals surface area contributed by atoms with Gasteiger partial charge in [0.2, 0.25) is 0 Å². The van der Waals surface area contributed by atoms with Crippen LogP contribution in [0.3, 0.4) is 0 Å². The molecule has 13 heavy (non-hydrogen) atoms. The summed E-state index contributed by atoms with van der Waals surface area (Å²) in [6, 6.07) is 2.78. The quantitative estimate of drug-likeness (QED) is 0.712. The Morgan fingerprint density at radius 2 is 1.92 bits per heavy atom. The summed E-state index contributed by atoms with van der Waals surface area (Å²) in [4.78, 5) is 0. The van der Waals surface area contributed by atoms with E-state index in [4.69, 9.17) is 10.8 Å². The Balaban J connectivity index is 2.96. The van der Waals surface area contributed by atoms with E-state index in [1.54, 1.807) is 0 Å². The van der Waals surface area contributed by atoms with Gasteiger partial charge in [-0.2, -0.15) is 13.2 Å². The zero-order valence-corrected chi connectivity index (χ0v) is 6.55. The minimum absolute atomic E-state index is 0.146. The van der Waals surface area contributed by atoms with Crippen molar-refractivity contribution in [3.8, 4) is 5.75 Å². The fourth-order valence-electron chi connectivity index (χ4n) is 0.907. The van der Waals surface area contributed by atoms with E-state index in [1.165, 1.54) is 18.2 Å². The van der Waals surface area contributed by atoms with Crippen LogP contribution in [0.1, 0.15) is 11.6 Å². The van der Waals surface area contributed by atoms with Crippen LogP contribution in [-0.2, 0) is 0 Å². The van der Waals surface area contributed by atoms with Crippen molar-refractivity contribution in [1.29, 1.82) is 0 Å². The van der Waals surface area contributed by atoms with E-state index in [-0.39, 0.29) is 11.3 Å². The summed E-state index contributed by atoms with van der Waals surface area (Å²) in [5.74, 6) is -0.225. The van der Waals surface area contributed by atoms with Crippen LogP contribution in [0, 0.1) is 0 Å². The average molecular weight is 191 g/mol. The molecule has 0 fully saturated rings. The summed E-state index contributed by atoms with van der Waals surface area (Å²) >= 11 is 0. The van der Waals surface area contributed by atoms with Gasteiger partial charge in [-0.3, -0.25) is 0 Å². The van der Waals surface area contributed by atoms with Crippen LogP contribution in [0.2, 0.25) is 0 Å². The minimum atomic E-state index is -4.48. The first-order valence-electron chi connectivity index (χ1n) is 3.52. The monoisotopic (exact) mass is 191 g/mol. The molecule has 3 N–H and O–H groups in total. The van der Waals surface area contributed by atoms with Crippen LogP contribution in [0.5, 0.6) is 5.75 Å². The van der Waals surface area contributed by atoms with Crippen molar-refractivity contribution in [2.75, 3.05) is 0 Å². The van der Waals surface area contributed by atoms with E-state index in [9.17, 15) is 13.2 Å². The third-order valence-electron chi connectivity index (χ3n) is 1.58. The second kappa shape index (κ2) is 3.26. The maximum absolute atomic E-state index is 12.1. The van der Waals surface area contributed by atoms with Crippen molar-refractivity contribution in [1.82, 2.24) is 0 Å². The van der Waals surface area contributed by atoms with Gasteiger partial charge in [0.05, 0.1) is 0 Å². The molecule has 0 aliphatic rings. The van der Waals surface area contributed by atoms with E-state index in [2.05, 4.69) is 0 Å². The van der Waals surface area contributed by atoms with Gasteiger partial charge in [0.1, 0.15) is 11.8 Å². The average Bonchev–Trinajstić information content (AvgIpc) is 2.01. The molecule has 1 aromatic carbocycles. The molecule has 0 bridgehead atoms. The number of halogens is 3. The van der Waals surface area contributed by atoms with E-state index in [0.717, 1.165) is 6.07 Å². The molecule has 0 aliphatic carbocycles. The minimum Gasteiger partial charge on any atom is -0.508 e. The lowest BCUT2D eigenvalue weighted by molar-refractivity contribution is -0.149. The van der Waals surface area contributed by atoms with Crippen molar-refractivity contribution < 1.29 is 18.3 Å². The highest BCUT2D eigenvalue weighted by molar-refractivity contribution is 5.29. The number of benzene rings is 1. The van der Waals surface area contributed by atoms with Crippen molar-refractivity contribution in [3.05, 3.63) is 29.8 Å². The number of aromatic hydroxyl groups is 1. The van der Waals surface area contributed by atoms with Crippen LogP contribution in [-0.4, -0.2) is 11.3 Å². The molecule has 1 rings (SSSR count). The summed E-state index contributed by atoms with van der Waals surface area (Å²) in [6.45, 7) is 0. The SMILES string of the molecule is NC(c1cccc(O)c1)C(F)(F)F. The molecule has 1 unspecified atom stereocenters. The fourth-order valence-corrected chi connectivity index (χ4v) is 0.907. The first-order chi connectivity index (χ1) is 5.91. The second-order valence-corrected chi connectivity index (χ2v) is 2.61. The zero-order chi connectivity index (χ0) is 10.1. The predicted octanol–water partition coefficient (Wildman–Crippen LogP) is 1.95. The van der Waals surface area contributed by atoms with Crippen LogP contribution in [0.25, 0.3) is 0 Å². The molecule has 72 valence electrons. The van der Waals surface area contributed by atoms with Gasteiger partial charge >= 0.3 is 6.18 Å². The highest BCUT2D eigenvalue weighted by Gasteiger charge is 2.37. The number of alkyl halides is 3. The van der Waals surface area contributed by atoms with Crippen LogP contribution < -0.4 is 5.73 Å². The van der Waals surface area contributed by atoms with E-state index in [1.807, 2.05) is 0 Å². The molecule has 1 aromatic rings. The summed E-state index contributed by atoms with van der Waals surface area (Å²) in [5.41, 5.74) is 4.76. The third kappa shape index (κ3) is 2.35. The van der Waals surface area contributed by atoms with Crippen LogP contribution in [0.15, 0.2) is 24.3 Å². The highest BCUT2D eigenvalue weighted by atomic mass is 19.4. The van der Waals surface area contributed by atoms with E-state index >= 15 is 0 Å². The lowest BCUT2D eigenvalue weighted by atomic mass is 10.1. The Kier molecular flexibility index (Phi) is 2.47. The van der Waals surface area contributed by atoms with Crippen LogP contribution >= 0.6 is 0 Å². The van der Waals surface area contributed by atoms with Crippen molar-refractivity contribution >= 4 is 0 Å². The smallest absolute Gasteiger partial charge is 0.407 e.